The summed E-state index contributed by atoms with van der Waals surface area (Å²) in [5, 5.41) is 31.9. The van der Waals surface area contributed by atoms with E-state index in [1.165, 1.54) is 0 Å². The third kappa shape index (κ3) is 18.9. The third-order valence-corrected chi connectivity index (χ3v) is 2.33. The molecule has 10 N–H and O–H groups in total. The standard InChI is InChI=1S/C3H7NO3.2C3H7NO2S/c4-2(1-5)3(6)7;2*4-2(1-7)3(5)6/h2,5H,1,4H2,(H,6,7);2*2,7H,1,4H2,(H,5,6). The van der Waals surface area contributed by atoms with Gasteiger partial charge in [0.1, 0.15) is 18.1 Å². The van der Waals surface area contributed by atoms with Crippen LogP contribution in [0.15, 0.2) is 0 Å². The van der Waals surface area contributed by atoms with Gasteiger partial charge >= 0.3 is 17.9 Å². The van der Waals surface area contributed by atoms with E-state index in [2.05, 4.69) is 25.3 Å². The highest BCUT2D eigenvalue weighted by Gasteiger charge is 2.07. The molecule has 0 aliphatic carbocycles. The molecule has 0 aromatic rings. The van der Waals surface area contributed by atoms with Gasteiger partial charge in [-0.05, 0) is 0 Å². The molecule has 10 nitrogen and oxygen atoms in total. The van der Waals surface area contributed by atoms with Crippen molar-refractivity contribution in [2.45, 2.75) is 18.1 Å². The molecule has 0 fully saturated rings. The van der Waals surface area contributed by atoms with Crippen molar-refractivity contribution in [3.8, 4) is 0 Å². The average molecular weight is 347 g/mol. The molecule has 12 heteroatoms. The van der Waals surface area contributed by atoms with E-state index in [1.807, 2.05) is 0 Å². The highest BCUT2D eigenvalue weighted by Crippen LogP contribution is 1.80. The first kappa shape index (κ1) is 24.9. The fourth-order valence-corrected chi connectivity index (χ4v) is 0.547. The SMILES string of the molecule is NC(CO)C(=O)O.NC(CS)C(=O)O.NC(CS)C(=O)O. The van der Waals surface area contributed by atoms with Crippen molar-refractivity contribution < 1.29 is 34.8 Å². The molecule has 0 aliphatic heterocycles. The normalized spacial score (nSPS) is 13.4. The van der Waals surface area contributed by atoms with Crippen LogP contribution in [0, 0.1) is 0 Å². The maximum Gasteiger partial charge on any atom is 0.322 e. The van der Waals surface area contributed by atoms with E-state index in [0.29, 0.717) is 0 Å². The number of aliphatic hydroxyl groups is 1. The summed E-state index contributed by atoms with van der Waals surface area (Å²) in [6, 6.07) is -2.76. The number of hydrogen-bond donors (Lipinski definition) is 9. The Balaban J connectivity index is -0.000000231. The Kier molecular flexibility index (Phi) is 18.2. The molecule has 0 bridgehead atoms. The van der Waals surface area contributed by atoms with Crippen molar-refractivity contribution >= 4 is 43.2 Å². The van der Waals surface area contributed by atoms with Crippen LogP contribution >= 0.6 is 25.3 Å². The van der Waals surface area contributed by atoms with Gasteiger partial charge in [-0.25, -0.2) is 0 Å². The first-order valence-electron chi connectivity index (χ1n) is 5.32. The van der Waals surface area contributed by atoms with Gasteiger partial charge in [-0.15, -0.1) is 0 Å². The molecule has 126 valence electrons. The second-order valence-electron chi connectivity index (χ2n) is 3.38. The maximum absolute atomic E-state index is 9.76. The number of aliphatic carboxylic acids is 3. The molecule has 3 unspecified atom stereocenters. The smallest absolute Gasteiger partial charge is 0.322 e. The van der Waals surface area contributed by atoms with Gasteiger partial charge in [-0.1, -0.05) is 0 Å². The molecule has 3 atom stereocenters. The fourth-order valence-electron chi connectivity index (χ4n) is 0.234. The van der Waals surface area contributed by atoms with Crippen LogP contribution in [0.3, 0.4) is 0 Å². The molecule has 0 saturated heterocycles. The number of carboxylic acid groups (broad SMARTS) is 3. The zero-order valence-corrected chi connectivity index (χ0v) is 12.8. The zero-order chi connectivity index (χ0) is 17.6. The van der Waals surface area contributed by atoms with Crippen molar-refractivity contribution in [1.29, 1.82) is 0 Å². The van der Waals surface area contributed by atoms with E-state index in [-0.39, 0.29) is 11.5 Å². The number of thiol groups is 2. The molecule has 21 heavy (non-hydrogen) atoms. The number of hydrogen-bond acceptors (Lipinski definition) is 9. The van der Waals surface area contributed by atoms with Gasteiger partial charge in [0.05, 0.1) is 6.61 Å². The Morgan fingerprint density at radius 1 is 0.762 bits per heavy atom. The summed E-state index contributed by atoms with van der Waals surface area (Å²) >= 11 is 7.30. The second kappa shape index (κ2) is 15.3. The lowest BCUT2D eigenvalue weighted by atomic mass is 10.3. The van der Waals surface area contributed by atoms with Crippen LogP contribution in [-0.2, 0) is 14.4 Å². The molecular formula is C9H21N3O7S2. The Labute approximate surface area is 132 Å². The van der Waals surface area contributed by atoms with E-state index in [9.17, 15) is 14.4 Å². The van der Waals surface area contributed by atoms with E-state index in [1.54, 1.807) is 0 Å². The molecule has 0 amide bonds. The van der Waals surface area contributed by atoms with Crippen molar-refractivity contribution in [1.82, 2.24) is 0 Å². The minimum Gasteiger partial charge on any atom is -0.480 e. The van der Waals surface area contributed by atoms with Crippen LogP contribution in [0.1, 0.15) is 0 Å². The first-order valence-corrected chi connectivity index (χ1v) is 6.59. The summed E-state index contributed by atoms with van der Waals surface area (Å²) in [7, 11) is 0. The fraction of sp³-hybridized carbons (Fsp3) is 0.667. The van der Waals surface area contributed by atoms with E-state index >= 15 is 0 Å². The van der Waals surface area contributed by atoms with Crippen molar-refractivity contribution in [3.63, 3.8) is 0 Å². The van der Waals surface area contributed by atoms with Gasteiger partial charge < -0.3 is 37.6 Å². The number of carboxylic acids is 3. The molecule has 0 heterocycles. The lowest BCUT2D eigenvalue weighted by molar-refractivity contribution is -0.140. The predicted octanol–water partition coefficient (Wildman–Crippen LogP) is -2.95. The number of aliphatic hydroxyl groups excluding tert-OH is 1. The van der Waals surface area contributed by atoms with Gasteiger partial charge in [-0.2, -0.15) is 25.3 Å². The van der Waals surface area contributed by atoms with Crippen LogP contribution in [0.4, 0.5) is 0 Å². The molecule has 0 saturated carbocycles. The maximum atomic E-state index is 9.76. The number of nitrogens with two attached hydrogens (primary N) is 3. The topological polar surface area (TPSA) is 210 Å². The predicted molar refractivity (Wildman–Crippen MR) is 81.6 cm³/mol. The minimum absolute atomic E-state index is 0.190. The van der Waals surface area contributed by atoms with Crippen molar-refractivity contribution in [2.75, 3.05) is 18.1 Å². The quantitative estimate of drug-likeness (QED) is 0.223. The molecule has 0 radical (unpaired) electrons. The molecule has 0 rings (SSSR count). The van der Waals surface area contributed by atoms with Crippen LogP contribution in [-0.4, -0.2) is 74.6 Å². The van der Waals surface area contributed by atoms with Gasteiger partial charge in [0, 0.05) is 11.5 Å². The van der Waals surface area contributed by atoms with E-state index in [4.69, 9.17) is 37.6 Å². The lowest BCUT2D eigenvalue weighted by Crippen LogP contribution is -2.33. The minimum atomic E-state index is -1.18. The van der Waals surface area contributed by atoms with Crippen molar-refractivity contribution in [3.05, 3.63) is 0 Å². The summed E-state index contributed by atoms with van der Waals surface area (Å²) in [5.74, 6) is -2.81. The number of carbonyl (C=O) groups is 3. The summed E-state index contributed by atoms with van der Waals surface area (Å²) in [4.78, 5) is 29.2. The molecule has 0 aromatic heterocycles. The highest BCUT2D eigenvalue weighted by atomic mass is 32.1. The van der Waals surface area contributed by atoms with Crippen LogP contribution in [0.25, 0.3) is 0 Å². The lowest BCUT2D eigenvalue weighted by Gasteiger charge is -1.96. The van der Waals surface area contributed by atoms with Gasteiger partial charge in [0.25, 0.3) is 0 Å². The Morgan fingerprint density at radius 3 is 1.00 bits per heavy atom. The van der Waals surface area contributed by atoms with Gasteiger partial charge in [-0.3, -0.25) is 14.4 Å². The zero-order valence-electron chi connectivity index (χ0n) is 11.0. The molecule has 0 aliphatic rings. The Morgan fingerprint density at radius 2 is 1.00 bits per heavy atom. The van der Waals surface area contributed by atoms with E-state index < -0.39 is 42.6 Å². The monoisotopic (exact) mass is 347 g/mol. The molecular weight excluding hydrogens is 326 g/mol. The van der Waals surface area contributed by atoms with E-state index in [0.717, 1.165) is 0 Å². The largest absolute Gasteiger partial charge is 0.480 e. The van der Waals surface area contributed by atoms with Gasteiger partial charge in [0.2, 0.25) is 0 Å². The van der Waals surface area contributed by atoms with Crippen LogP contribution < -0.4 is 17.2 Å². The average Bonchev–Trinajstić information content (AvgIpc) is 2.45. The Hall–Kier alpha value is -1.05. The van der Waals surface area contributed by atoms with Crippen LogP contribution in [0.5, 0.6) is 0 Å². The summed E-state index contributed by atoms with van der Waals surface area (Å²) in [6.07, 6.45) is 0. The second-order valence-corrected chi connectivity index (χ2v) is 4.11. The highest BCUT2D eigenvalue weighted by molar-refractivity contribution is 7.80. The van der Waals surface area contributed by atoms with Gasteiger partial charge in [0.15, 0.2) is 0 Å². The Bertz CT molecular complexity index is 272. The molecule has 0 spiro atoms. The molecule has 0 aromatic carbocycles. The van der Waals surface area contributed by atoms with Crippen LogP contribution in [0.2, 0.25) is 0 Å². The summed E-state index contributed by atoms with van der Waals surface area (Å²) < 4.78 is 0. The summed E-state index contributed by atoms with van der Waals surface area (Å²) in [6.45, 7) is -0.505. The third-order valence-electron chi connectivity index (χ3n) is 1.54. The number of rotatable bonds is 6. The van der Waals surface area contributed by atoms with Crippen molar-refractivity contribution in [2.24, 2.45) is 17.2 Å². The first-order chi connectivity index (χ1) is 9.54. The summed E-state index contributed by atoms with van der Waals surface area (Å²) in [5.41, 5.74) is 14.6.